The third-order valence-corrected chi connectivity index (χ3v) is 4.81. The third-order valence-electron chi connectivity index (χ3n) is 4.60. The van der Waals surface area contributed by atoms with Gasteiger partial charge >= 0.3 is 0 Å². The van der Waals surface area contributed by atoms with Crippen LogP contribution in [0.1, 0.15) is 15.9 Å². The smallest absolute Gasteiger partial charge is 0.193 e. The fourth-order valence-electron chi connectivity index (χ4n) is 2.98. The standard InChI is InChI=1S/C26H20N4OS/c31-25(19-7-3-1-4-8-19)20-11-13-21(14-12-20)27-26(32)28-22-15-17-24(18-16-22)30-29-23-9-5-2-6-10-23/h1-18H,(H2,27,28,32). The van der Waals surface area contributed by atoms with E-state index in [-0.39, 0.29) is 5.78 Å². The van der Waals surface area contributed by atoms with Gasteiger partial charge in [0.2, 0.25) is 0 Å². The second kappa shape index (κ2) is 10.2. The van der Waals surface area contributed by atoms with Gasteiger partial charge in [0.15, 0.2) is 10.9 Å². The summed E-state index contributed by atoms with van der Waals surface area (Å²) in [4.78, 5) is 12.5. The molecule has 0 saturated carbocycles. The Morgan fingerprint density at radius 1 is 0.562 bits per heavy atom. The van der Waals surface area contributed by atoms with E-state index in [0.717, 1.165) is 22.7 Å². The summed E-state index contributed by atoms with van der Waals surface area (Å²) in [5.41, 5.74) is 4.46. The first kappa shape index (κ1) is 21.1. The van der Waals surface area contributed by atoms with Crippen LogP contribution in [0.2, 0.25) is 0 Å². The van der Waals surface area contributed by atoms with Crippen molar-refractivity contribution >= 4 is 45.9 Å². The zero-order valence-corrected chi connectivity index (χ0v) is 17.9. The number of benzene rings is 4. The van der Waals surface area contributed by atoms with Crippen molar-refractivity contribution in [2.45, 2.75) is 0 Å². The van der Waals surface area contributed by atoms with Gasteiger partial charge in [-0.05, 0) is 72.9 Å². The van der Waals surface area contributed by atoms with Crippen molar-refractivity contribution in [2.75, 3.05) is 10.6 Å². The average Bonchev–Trinajstić information content (AvgIpc) is 2.85. The van der Waals surface area contributed by atoms with E-state index in [1.54, 1.807) is 12.1 Å². The number of rotatable bonds is 6. The molecule has 156 valence electrons. The lowest BCUT2D eigenvalue weighted by molar-refractivity contribution is 0.103. The van der Waals surface area contributed by atoms with Crippen molar-refractivity contribution < 1.29 is 4.79 Å². The summed E-state index contributed by atoms with van der Waals surface area (Å²) in [5.74, 6) is -0.0117. The van der Waals surface area contributed by atoms with Gasteiger partial charge < -0.3 is 10.6 Å². The van der Waals surface area contributed by atoms with Gasteiger partial charge in [-0.3, -0.25) is 4.79 Å². The highest BCUT2D eigenvalue weighted by molar-refractivity contribution is 7.80. The fraction of sp³-hybridized carbons (Fsp3) is 0. The summed E-state index contributed by atoms with van der Waals surface area (Å²) in [7, 11) is 0. The Bertz CT molecular complexity index is 1220. The normalized spacial score (nSPS) is 10.6. The summed E-state index contributed by atoms with van der Waals surface area (Å²) in [6.45, 7) is 0. The van der Waals surface area contributed by atoms with Gasteiger partial charge in [0, 0.05) is 22.5 Å². The molecule has 0 aliphatic heterocycles. The Hall–Kier alpha value is -4.16. The molecule has 0 bridgehead atoms. The highest BCUT2D eigenvalue weighted by Crippen LogP contribution is 2.20. The van der Waals surface area contributed by atoms with Crippen molar-refractivity contribution in [3.05, 3.63) is 120 Å². The largest absolute Gasteiger partial charge is 0.332 e. The maximum absolute atomic E-state index is 12.5. The summed E-state index contributed by atoms with van der Waals surface area (Å²) in [6.07, 6.45) is 0. The monoisotopic (exact) mass is 436 g/mol. The molecule has 4 rings (SSSR count). The zero-order valence-electron chi connectivity index (χ0n) is 17.1. The minimum Gasteiger partial charge on any atom is -0.332 e. The zero-order chi connectivity index (χ0) is 22.2. The van der Waals surface area contributed by atoms with E-state index in [1.807, 2.05) is 97.1 Å². The molecule has 6 heteroatoms. The second-order valence-corrected chi connectivity index (χ2v) is 7.34. The van der Waals surface area contributed by atoms with Gasteiger partial charge in [-0.25, -0.2) is 0 Å². The van der Waals surface area contributed by atoms with Crippen LogP contribution in [0.4, 0.5) is 22.7 Å². The molecule has 2 N–H and O–H groups in total. The van der Waals surface area contributed by atoms with Gasteiger partial charge in [0.25, 0.3) is 0 Å². The van der Waals surface area contributed by atoms with E-state index in [0.29, 0.717) is 16.2 Å². The van der Waals surface area contributed by atoms with Crippen molar-refractivity contribution in [2.24, 2.45) is 10.2 Å². The van der Waals surface area contributed by atoms with Crippen LogP contribution in [0.15, 0.2) is 119 Å². The number of ketones is 1. The Morgan fingerprint density at radius 2 is 1.00 bits per heavy atom. The summed E-state index contributed by atoms with van der Waals surface area (Å²) in [5, 5.41) is 15.1. The topological polar surface area (TPSA) is 65.8 Å². The van der Waals surface area contributed by atoms with E-state index in [4.69, 9.17) is 12.2 Å². The lowest BCUT2D eigenvalue weighted by atomic mass is 10.0. The molecule has 0 aliphatic carbocycles. The van der Waals surface area contributed by atoms with E-state index >= 15 is 0 Å². The van der Waals surface area contributed by atoms with E-state index in [1.165, 1.54) is 0 Å². The van der Waals surface area contributed by atoms with Crippen molar-refractivity contribution in [3.8, 4) is 0 Å². The number of anilines is 2. The number of carbonyl (C=O) groups excluding carboxylic acids is 1. The first-order valence-corrected chi connectivity index (χ1v) is 10.4. The fourth-order valence-corrected chi connectivity index (χ4v) is 3.21. The minimum absolute atomic E-state index is 0.0117. The predicted octanol–water partition coefficient (Wildman–Crippen LogP) is 7.14. The van der Waals surface area contributed by atoms with Crippen LogP contribution in [0, 0.1) is 0 Å². The molecule has 32 heavy (non-hydrogen) atoms. The number of azo groups is 1. The number of carbonyl (C=O) groups is 1. The highest BCUT2D eigenvalue weighted by Gasteiger charge is 2.08. The molecule has 0 spiro atoms. The van der Waals surface area contributed by atoms with Crippen LogP contribution >= 0.6 is 12.2 Å². The summed E-state index contributed by atoms with van der Waals surface area (Å²) in [6, 6.07) is 33.5. The molecule has 0 aromatic heterocycles. The number of nitrogens with one attached hydrogen (secondary N) is 2. The average molecular weight is 437 g/mol. The molecule has 0 saturated heterocycles. The van der Waals surface area contributed by atoms with Gasteiger partial charge in [0.05, 0.1) is 11.4 Å². The number of hydrogen-bond donors (Lipinski definition) is 2. The maximum atomic E-state index is 12.5. The van der Waals surface area contributed by atoms with Crippen LogP contribution < -0.4 is 10.6 Å². The molecule has 0 radical (unpaired) electrons. The lowest BCUT2D eigenvalue weighted by Gasteiger charge is -2.11. The third kappa shape index (κ3) is 5.71. The number of nitrogens with zero attached hydrogens (tertiary/aromatic N) is 2. The van der Waals surface area contributed by atoms with Crippen LogP contribution in [-0.2, 0) is 0 Å². The van der Waals surface area contributed by atoms with Gasteiger partial charge in [-0.2, -0.15) is 10.2 Å². The van der Waals surface area contributed by atoms with Crippen LogP contribution in [-0.4, -0.2) is 10.9 Å². The Balaban J connectivity index is 1.32. The van der Waals surface area contributed by atoms with Crippen molar-refractivity contribution in [1.82, 2.24) is 0 Å². The molecule has 0 unspecified atom stereocenters. The second-order valence-electron chi connectivity index (χ2n) is 6.93. The Morgan fingerprint density at radius 3 is 1.56 bits per heavy atom. The van der Waals surface area contributed by atoms with Gasteiger partial charge in [-0.1, -0.05) is 48.5 Å². The Labute approximate surface area is 191 Å². The molecular formula is C26H20N4OS. The van der Waals surface area contributed by atoms with Crippen LogP contribution in [0.5, 0.6) is 0 Å². The quantitative estimate of drug-likeness (QED) is 0.191. The SMILES string of the molecule is O=C(c1ccccc1)c1ccc(NC(=S)Nc2ccc(N=Nc3ccccc3)cc2)cc1. The van der Waals surface area contributed by atoms with Crippen molar-refractivity contribution in [3.63, 3.8) is 0 Å². The van der Waals surface area contributed by atoms with E-state index < -0.39 is 0 Å². The molecule has 0 fully saturated rings. The molecule has 4 aromatic carbocycles. The first-order chi connectivity index (χ1) is 15.7. The Kier molecular flexibility index (Phi) is 6.75. The molecule has 5 nitrogen and oxygen atoms in total. The molecule has 0 aliphatic rings. The van der Waals surface area contributed by atoms with Crippen LogP contribution in [0.25, 0.3) is 0 Å². The summed E-state index contributed by atoms with van der Waals surface area (Å²) < 4.78 is 0. The summed E-state index contributed by atoms with van der Waals surface area (Å²) >= 11 is 5.40. The van der Waals surface area contributed by atoms with Gasteiger partial charge in [0.1, 0.15) is 0 Å². The van der Waals surface area contributed by atoms with Crippen LogP contribution in [0.3, 0.4) is 0 Å². The van der Waals surface area contributed by atoms with Crippen molar-refractivity contribution in [1.29, 1.82) is 0 Å². The first-order valence-electron chi connectivity index (χ1n) is 10.0. The van der Waals surface area contributed by atoms with Gasteiger partial charge in [-0.15, -0.1) is 0 Å². The number of thiocarbonyl (C=S) groups is 1. The molecule has 0 heterocycles. The predicted molar refractivity (Wildman–Crippen MR) is 133 cm³/mol. The van der Waals surface area contributed by atoms with E-state index in [2.05, 4.69) is 20.9 Å². The molecular weight excluding hydrogens is 416 g/mol. The molecule has 0 atom stereocenters. The molecule has 4 aromatic rings. The highest BCUT2D eigenvalue weighted by atomic mass is 32.1. The lowest BCUT2D eigenvalue weighted by Crippen LogP contribution is -2.19. The van der Waals surface area contributed by atoms with E-state index in [9.17, 15) is 4.79 Å². The maximum Gasteiger partial charge on any atom is 0.193 e. The minimum atomic E-state index is -0.0117. The number of hydrogen-bond acceptors (Lipinski definition) is 4. The molecule has 0 amide bonds.